The Bertz CT molecular complexity index is 1320. The summed E-state index contributed by atoms with van der Waals surface area (Å²) in [5.74, 6) is 1.20. The van der Waals surface area contributed by atoms with Crippen LogP contribution in [0.15, 0.2) is 48.9 Å². The quantitative estimate of drug-likeness (QED) is 0.444. The molecule has 5 rings (SSSR count). The number of aromatic nitrogens is 6. The van der Waals surface area contributed by atoms with Crippen molar-refractivity contribution in [2.75, 3.05) is 13.6 Å². The number of likely N-dealkylation sites (N-methyl/N-ethyl adjacent to an activating group) is 1. The number of halogens is 3. The van der Waals surface area contributed by atoms with Crippen molar-refractivity contribution < 1.29 is 13.2 Å². The lowest BCUT2D eigenvalue weighted by molar-refractivity contribution is -0.137. The highest BCUT2D eigenvalue weighted by Gasteiger charge is 2.33. The van der Waals surface area contributed by atoms with Crippen molar-refractivity contribution in [2.24, 2.45) is 0 Å². The first-order valence-corrected chi connectivity index (χ1v) is 11.1. The summed E-state index contributed by atoms with van der Waals surface area (Å²) < 4.78 is 42.8. The molecule has 0 N–H and O–H groups in total. The topological polar surface area (TPSA) is 64.7 Å². The monoisotopic (exact) mass is 467 g/mol. The molecule has 1 atom stereocenters. The summed E-state index contributed by atoms with van der Waals surface area (Å²) >= 11 is 0. The molecule has 0 radical (unpaired) electrons. The van der Waals surface area contributed by atoms with Crippen molar-refractivity contribution in [3.05, 3.63) is 77.3 Å². The third-order valence-corrected chi connectivity index (χ3v) is 6.11. The smallest absolute Gasteiger partial charge is 0.304 e. The number of hydrogen-bond acceptors (Lipinski definition) is 5. The molecule has 1 aliphatic heterocycles. The van der Waals surface area contributed by atoms with E-state index < -0.39 is 11.7 Å². The molecule has 7 nitrogen and oxygen atoms in total. The summed E-state index contributed by atoms with van der Waals surface area (Å²) in [6.07, 6.45) is 0.0798. The molecular weight excluding hydrogens is 443 g/mol. The van der Waals surface area contributed by atoms with Crippen molar-refractivity contribution >= 4 is 0 Å². The Morgan fingerprint density at radius 1 is 1.03 bits per heavy atom. The van der Waals surface area contributed by atoms with Crippen molar-refractivity contribution in [3.8, 4) is 17.2 Å². The molecule has 10 heteroatoms. The Labute approximate surface area is 194 Å². The number of fused-ring (bicyclic) bond motifs is 1. The zero-order chi connectivity index (χ0) is 24.0. The van der Waals surface area contributed by atoms with Gasteiger partial charge >= 0.3 is 6.18 Å². The third kappa shape index (κ3) is 3.98. The minimum Gasteiger partial charge on any atom is -0.304 e. The Kier molecular flexibility index (Phi) is 5.47. The van der Waals surface area contributed by atoms with Gasteiger partial charge in [0.25, 0.3) is 0 Å². The van der Waals surface area contributed by atoms with E-state index in [1.54, 1.807) is 6.33 Å². The van der Waals surface area contributed by atoms with Crippen LogP contribution in [0.2, 0.25) is 0 Å². The first-order valence-electron chi connectivity index (χ1n) is 11.1. The summed E-state index contributed by atoms with van der Waals surface area (Å²) in [4.78, 5) is 16.0. The Morgan fingerprint density at radius 2 is 1.79 bits per heavy atom. The number of imidazole rings is 1. The molecule has 3 aromatic heterocycles. The lowest BCUT2D eigenvalue weighted by atomic mass is 10.0. The molecule has 0 bridgehead atoms. The van der Waals surface area contributed by atoms with E-state index in [9.17, 15) is 13.2 Å². The van der Waals surface area contributed by atoms with Gasteiger partial charge in [-0.1, -0.05) is 19.1 Å². The van der Waals surface area contributed by atoms with Crippen LogP contribution in [-0.2, 0) is 19.1 Å². The van der Waals surface area contributed by atoms with Crippen LogP contribution in [0, 0.1) is 6.92 Å². The molecule has 4 heterocycles. The van der Waals surface area contributed by atoms with E-state index >= 15 is 0 Å². The second-order valence-corrected chi connectivity index (χ2v) is 8.46. The molecular formula is C24H24F3N7. The van der Waals surface area contributed by atoms with Crippen LogP contribution in [0.5, 0.6) is 0 Å². The maximum atomic E-state index is 13.0. The van der Waals surface area contributed by atoms with Crippen molar-refractivity contribution in [2.45, 2.75) is 39.0 Å². The highest BCUT2D eigenvalue weighted by atomic mass is 19.4. The zero-order valence-corrected chi connectivity index (χ0v) is 19.1. The van der Waals surface area contributed by atoms with Crippen LogP contribution < -0.4 is 0 Å². The average molecular weight is 467 g/mol. The predicted octanol–water partition coefficient (Wildman–Crippen LogP) is 4.45. The predicted molar refractivity (Wildman–Crippen MR) is 120 cm³/mol. The fourth-order valence-electron chi connectivity index (χ4n) is 4.33. The van der Waals surface area contributed by atoms with Crippen LogP contribution in [-0.4, -0.2) is 47.8 Å². The van der Waals surface area contributed by atoms with Crippen LogP contribution in [0.25, 0.3) is 17.2 Å². The Hall–Kier alpha value is -3.53. The molecule has 176 valence electrons. The van der Waals surface area contributed by atoms with Gasteiger partial charge in [0, 0.05) is 12.7 Å². The highest BCUT2D eigenvalue weighted by molar-refractivity contribution is 5.53. The van der Waals surface area contributed by atoms with Gasteiger partial charge in [0.1, 0.15) is 11.5 Å². The van der Waals surface area contributed by atoms with Gasteiger partial charge in [0.15, 0.2) is 5.82 Å². The highest BCUT2D eigenvalue weighted by Crippen LogP contribution is 2.34. The molecule has 0 saturated heterocycles. The largest absolute Gasteiger partial charge is 0.416 e. The number of hydrogen-bond donors (Lipinski definition) is 0. The first kappa shape index (κ1) is 22.3. The summed E-state index contributed by atoms with van der Waals surface area (Å²) in [6.45, 7) is 5.32. The lowest BCUT2D eigenvalue weighted by Gasteiger charge is -2.32. The molecule has 0 aliphatic carbocycles. The van der Waals surface area contributed by atoms with Crippen LogP contribution in [0.1, 0.15) is 41.3 Å². The molecule has 0 amide bonds. The summed E-state index contributed by atoms with van der Waals surface area (Å²) in [5, 5.41) is 4.69. The molecule has 0 saturated carbocycles. The maximum absolute atomic E-state index is 13.0. The van der Waals surface area contributed by atoms with E-state index in [1.807, 2.05) is 48.5 Å². The Morgan fingerprint density at radius 3 is 2.44 bits per heavy atom. The van der Waals surface area contributed by atoms with E-state index in [1.165, 1.54) is 12.1 Å². The SMILES string of the molecule is CCc1nc(-c2nc3n(n2)CCN(C)[C@@H]3c2ccc(C(F)(F)F)cc2)ccc1-n1cnc(C)c1. The van der Waals surface area contributed by atoms with Gasteiger partial charge < -0.3 is 4.57 Å². The molecule has 0 spiro atoms. The number of nitrogens with zero attached hydrogens (tertiary/aromatic N) is 7. The van der Waals surface area contributed by atoms with E-state index in [0.717, 1.165) is 41.2 Å². The van der Waals surface area contributed by atoms with Gasteiger partial charge in [0.2, 0.25) is 0 Å². The van der Waals surface area contributed by atoms with Crippen molar-refractivity contribution in [1.29, 1.82) is 0 Å². The van der Waals surface area contributed by atoms with Gasteiger partial charge in [-0.15, -0.1) is 5.10 Å². The summed E-state index contributed by atoms with van der Waals surface area (Å²) in [7, 11) is 1.94. The third-order valence-electron chi connectivity index (χ3n) is 6.11. The van der Waals surface area contributed by atoms with Crippen molar-refractivity contribution in [3.63, 3.8) is 0 Å². The van der Waals surface area contributed by atoms with Crippen LogP contribution in [0.3, 0.4) is 0 Å². The van der Waals surface area contributed by atoms with E-state index in [4.69, 9.17) is 9.97 Å². The number of alkyl halides is 3. The molecule has 0 unspecified atom stereocenters. The van der Waals surface area contributed by atoms with Crippen molar-refractivity contribution in [1.82, 2.24) is 34.2 Å². The number of rotatable bonds is 4. The molecule has 1 aliphatic rings. The summed E-state index contributed by atoms with van der Waals surface area (Å²) in [5.41, 5.74) is 3.52. The van der Waals surface area contributed by atoms with Crippen LogP contribution >= 0.6 is 0 Å². The van der Waals surface area contributed by atoms with Gasteiger partial charge in [-0.3, -0.25) is 4.90 Å². The fraction of sp³-hybridized carbons (Fsp3) is 0.333. The molecule has 4 aromatic rings. The van der Waals surface area contributed by atoms with Gasteiger partial charge in [-0.05, 0) is 50.2 Å². The Balaban J connectivity index is 1.51. The summed E-state index contributed by atoms with van der Waals surface area (Å²) in [6, 6.07) is 8.85. The fourth-order valence-corrected chi connectivity index (χ4v) is 4.33. The normalized spacial score (nSPS) is 16.6. The standard InChI is InChI=1S/C24H24F3N7/c1-4-18-20(33-13-15(2)28-14-33)10-9-19(29-18)22-30-23-21(32(3)11-12-34(23)31-22)16-5-7-17(8-6-16)24(25,26)27/h5-10,13-14,21H,4,11-12H2,1-3H3/t21-/m1/s1. The minimum atomic E-state index is -4.37. The maximum Gasteiger partial charge on any atom is 0.416 e. The molecule has 0 fully saturated rings. The minimum absolute atomic E-state index is 0.295. The van der Waals surface area contributed by atoms with E-state index in [2.05, 4.69) is 15.0 Å². The number of benzene rings is 1. The first-order chi connectivity index (χ1) is 16.2. The zero-order valence-electron chi connectivity index (χ0n) is 19.1. The van der Waals surface area contributed by atoms with Gasteiger partial charge in [-0.2, -0.15) is 13.2 Å². The average Bonchev–Trinajstić information content (AvgIpc) is 3.44. The number of pyridine rings is 1. The van der Waals surface area contributed by atoms with Gasteiger partial charge in [-0.25, -0.2) is 19.6 Å². The van der Waals surface area contributed by atoms with E-state index in [0.29, 0.717) is 30.4 Å². The number of aryl methyl sites for hydroxylation is 2. The van der Waals surface area contributed by atoms with Crippen LogP contribution in [0.4, 0.5) is 13.2 Å². The molecule has 34 heavy (non-hydrogen) atoms. The van der Waals surface area contributed by atoms with E-state index in [-0.39, 0.29) is 6.04 Å². The second kappa shape index (κ2) is 8.35. The molecule has 1 aromatic carbocycles. The second-order valence-electron chi connectivity index (χ2n) is 8.46. The lowest BCUT2D eigenvalue weighted by Crippen LogP contribution is -2.36. The van der Waals surface area contributed by atoms with Gasteiger partial charge in [0.05, 0.1) is 41.6 Å².